The molecule has 0 saturated heterocycles. The van der Waals surface area contributed by atoms with E-state index in [1.54, 1.807) is 12.1 Å². The molecule has 24 heavy (non-hydrogen) atoms. The van der Waals surface area contributed by atoms with Crippen molar-refractivity contribution in [3.05, 3.63) is 65.7 Å². The standard InChI is InChI=1S/C19H25N3O2/c1-2-20-19(21-12-15-8-10-18(24)11-9-15)22-13-17(14-23)16-6-4-3-5-7-16/h3-11,17,23-24H,2,12-14H2,1H3,(H2,20,21,22). The largest absolute Gasteiger partial charge is 0.508 e. The van der Waals surface area contributed by atoms with Crippen molar-refractivity contribution in [2.24, 2.45) is 4.99 Å². The third-order valence-electron chi connectivity index (χ3n) is 3.71. The number of phenolic OH excluding ortho intramolecular Hbond substituents is 1. The molecular weight excluding hydrogens is 302 g/mol. The number of aliphatic hydroxyl groups is 1. The number of hydrogen-bond acceptors (Lipinski definition) is 3. The fraction of sp³-hybridized carbons (Fsp3) is 0.316. The summed E-state index contributed by atoms with van der Waals surface area (Å²) >= 11 is 0. The minimum absolute atomic E-state index is 0.0173. The molecule has 5 nitrogen and oxygen atoms in total. The van der Waals surface area contributed by atoms with Crippen LogP contribution in [-0.4, -0.2) is 35.9 Å². The normalized spacial score (nSPS) is 12.7. The Morgan fingerprint density at radius 1 is 1.04 bits per heavy atom. The molecule has 128 valence electrons. The predicted molar refractivity (Wildman–Crippen MR) is 97.2 cm³/mol. The molecule has 0 saturated carbocycles. The number of nitrogens with one attached hydrogen (secondary N) is 2. The van der Waals surface area contributed by atoms with Crippen molar-refractivity contribution in [3.8, 4) is 5.75 Å². The topological polar surface area (TPSA) is 76.9 Å². The first-order chi connectivity index (χ1) is 11.7. The summed E-state index contributed by atoms with van der Waals surface area (Å²) in [5, 5.41) is 25.4. The minimum Gasteiger partial charge on any atom is -0.508 e. The second-order valence-electron chi connectivity index (χ2n) is 5.53. The highest BCUT2D eigenvalue weighted by atomic mass is 16.3. The number of guanidine groups is 1. The maximum atomic E-state index is 9.63. The van der Waals surface area contributed by atoms with Crippen molar-refractivity contribution in [1.29, 1.82) is 0 Å². The highest BCUT2D eigenvalue weighted by Crippen LogP contribution is 2.13. The van der Waals surface area contributed by atoms with Crippen LogP contribution in [0.25, 0.3) is 0 Å². The Labute approximate surface area is 143 Å². The molecule has 1 unspecified atom stereocenters. The van der Waals surface area contributed by atoms with Crippen molar-refractivity contribution < 1.29 is 10.2 Å². The number of nitrogens with zero attached hydrogens (tertiary/aromatic N) is 1. The summed E-state index contributed by atoms with van der Waals surface area (Å²) < 4.78 is 0. The smallest absolute Gasteiger partial charge is 0.191 e. The van der Waals surface area contributed by atoms with E-state index in [2.05, 4.69) is 15.6 Å². The summed E-state index contributed by atoms with van der Waals surface area (Å²) in [7, 11) is 0. The first kappa shape index (κ1) is 17.8. The van der Waals surface area contributed by atoms with Crippen LogP contribution in [0.3, 0.4) is 0 Å². The second kappa shape index (κ2) is 9.57. The number of aliphatic imine (C=N–C) groups is 1. The number of aliphatic hydroxyl groups excluding tert-OH is 1. The Kier molecular flexibility index (Phi) is 7.11. The van der Waals surface area contributed by atoms with Gasteiger partial charge in [-0.25, -0.2) is 4.99 Å². The SMILES string of the molecule is CCNC(=NCc1ccc(O)cc1)NCC(CO)c1ccccc1. The van der Waals surface area contributed by atoms with Crippen molar-refractivity contribution in [3.63, 3.8) is 0 Å². The van der Waals surface area contributed by atoms with Crippen LogP contribution < -0.4 is 10.6 Å². The van der Waals surface area contributed by atoms with Gasteiger partial charge in [0, 0.05) is 19.0 Å². The molecule has 4 N–H and O–H groups in total. The lowest BCUT2D eigenvalue weighted by molar-refractivity contribution is 0.265. The van der Waals surface area contributed by atoms with E-state index in [0.717, 1.165) is 17.7 Å². The van der Waals surface area contributed by atoms with Crippen molar-refractivity contribution in [2.75, 3.05) is 19.7 Å². The predicted octanol–water partition coefficient (Wildman–Crippen LogP) is 2.22. The van der Waals surface area contributed by atoms with Gasteiger partial charge in [0.1, 0.15) is 5.75 Å². The molecule has 2 aromatic carbocycles. The summed E-state index contributed by atoms with van der Waals surface area (Å²) in [4.78, 5) is 4.54. The molecule has 0 fully saturated rings. The Bertz CT molecular complexity index is 627. The van der Waals surface area contributed by atoms with E-state index >= 15 is 0 Å². The van der Waals surface area contributed by atoms with Gasteiger partial charge in [-0.1, -0.05) is 42.5 Å². The third-order valence-corrected chi connectivity index (χ3v) is 3.71. The van der Waals surface area contributed by atoms with Crippen LogP contribution in [0.15, 0.2) is 59.6 Å². The van der Waals surface area contributed by atoms with E-state index in [0.29, 0.717) is 19.0 Å². The van der Waals surface area contributed by atoms with Crippen LogP contribution in [-0.2, 0) is 6.54 Å². The summed E-state index contributed by atoms with van der Waals surface area (Å²) in [6.45, 7) is 3.97. The van der Waals surface area contributed by atoms with Gasteiger partial charge in [-0.05, 0) is 30.2 Å². The third kappa shape index (κ3) is 5.59. The van der Waals surface area contributed by atoms with E-state index in [-0.39, 0.29) is 18.3 Å². The van der Waals surface area contributed by atoms with Gasteiger partial charge >= 0.3 is 0 Å². The van der Waals surface area contributed by atoms with Gasteiger partial charge in [-0.2, -0.15) is 0 Å². The van der Waals surface area contributed by atoms with Gasteiger partial charge in [0.2, 0.25) is 0 Å². The summed E-state index contributed by atoms with van der Waals surface area (Å²) in [5.41, 5.74) is 2.12. The molecule has 0 heterocycles. The van der Waals surface area contributed by atoms with E-state index in [4.69, 9.17) is 0 Å². The van der Waals surface area contributed by atoms with Crippen LogP contribution in [0.4, 0.5) is 0 Å². The van der Waals surface area contributed by atoms with Crippen molar-refractivity contribution in [2.45, 2.75) is 19.4 Å². The van der Waals surface area contributed by atoms with Crippen LogP contribution in [0, 0.1) is 0 Å². The number of benzene rings is 2. The molecule has 2 rings (SSSR count). The summed E-state index contributed by atoms with van der Waals surface area (Å²) in [6, 6.07) is 17.0. The first-order valence-corrected chi connectivity index (χ1v) is 8.18. The molecule has 2 aromatic rings. The lowest BCUT2D eigenvalue weighted by Crippen LogP contribution is -2.39. The zero-order valence-electron chi connectivity index (χ0n) is 13.9. The van der Waals surface area contributed by atoms with Gasteiger partial charge in [0.05, 0.1) is 13.2 Å². The maximum absolute atomic E-state index is 9.63. The Morgan fingerprint density at radius 2 is 1.75 bits per heavy atom. The molecule has 0 amide bonds. The highest BCUT2D eigenvalue weighted by molar-refractivity contribution is 5.79. The molecule has 0 aliphatic rings. The van der Waals surface area contributed by atoms with Crippen molar-refractivity contribution in [1.82, 2.24) is 10.6 Å². The average Bonchev–Trinajstić information content (AvgIpc) is 2.62. The van der Waals surface area contributed by atoms with Gasteiger partial charge in [0.15, 0.2) is 5.96 Å². The van der Waals surface area contributed by atoms with Gasteiger partial charge < -0.3 is 20.8 Å². The molecule has 0 spiro atoms. The van der Waals surface area contributed by atoms with Gasteiger partial charge in [-0.15, -0.1) is 0 Å². The Hall–Kier alpha value is -2.53. The fourth-order valence-electron chi connectivity index (χ4n) is 2.35. The summed E-state index contributed by atoms with van der Waals surface area (Å²) in [5.74, 6) is 0.977. The number of phenols is 1. The monoisotopic (exact) mass is 327 g/mol. The van der Waals surface area contributed by atoms with Gasteiger partial charge in [0.25, 0.3) is 0 Å². The number of aromatic hydroxyl groups is 1. The average molecular weight is 327 g/mol. The summed E-state index contributed by atoms with van der Waals surface area (Å²) in [6.07, 6.45) is 0. The van der Waals surface area contributed by atoms with Crippen LogP contribution >= 0.6 is 0 Å². The van der Waals surface area contributed by atoms with E-state index in [1.165, 1.54) is 0 Å². The highest BCUT2D eigenvalue weighted by Gasteiger charge is 2.10. The van der Waals surface area contributed by atoms with Gasteiger partial charge in [-0.3, -0.25) is 0 Å². The first-order valence-electron chi connectivity index (χ1n) is 8.18. The molecular formula is C19H25N3O2. The molecule has 0 aromatic heterocycles. The Balaban J connectivity index is 1.96. The lowest BCUT2D eigenvalue weighted by atomic mass is 10.0. The quantitative estimate of drug-likeness (QED) is 0.465. The zero-order valence-corrected chi connectivity index (χ0v) is 13.9. The number of rotatable bonds is 7. The molecule has 1 atom stereocenters. The van der Waals surface area contributed by atoms with Crippen LogP contribution in [0.2, 0.25) is 0 Å². The second-order valence-corrected chi connectivity index (χ2v) is 5.53. The molecule has 0 aliphatic carbocycles. The van der Waals surface area contributed by atoms with E-state index in [1.807, 2.05) is 49.4 Å². The fourth-order valence-corrected chi connectivity index (χ4v) is 2.35. The van der Waals surface area contributed by atoms with E-state index in [9.17, 15) is 10.2 Å². The molecule has 0 radical (unpaired) electrons. The van der Waals surface area contributed by atoms with Crippen LogP contribution in [0.5, 0.6) is 5.75 Å². The maximum Gasteiger partial charge on any atom is 0.191 e. The van der Waals surface area contributed by atoms with E-state index < -0.39 is 0 Å². The van der Waals surface area contributed by atoms with Crippen molar-refractivity contribution >= 4 is 5.96 Å². The lowest BCUT2D eigenvalue weighted by Gasteiger charge is -2.18. The number of hydrogen-bond donors (Lipinski definition) is 4. The molecule has 0 bridgehead atoms. The Morgan fingerprint density at radius 3 is 2.38 bits per heavy atom. The van der Waals surface area contributed by atoms with Crippen LogP contribution in [0.1, 0.15) is 24.0 Å². The molecule has 5 heteroatoms. The molecule has 0 aliphatic heterocycles. The zero-order chi connectivity index (χ0) is 17.2. The minimum atomic E-state index is 0.0173.